The number of carbonyl (C=O) groups excluding carboxylic acids is 1. The van der Waals surface area contributed by atoms with E-state index in [-0.39, 0.29) is 6.03 Å². The van der Waals surface area contributed by atoms with Crippen LogP contribution in [0.4, 0.5) is 10.5 Å². The Balaban J connectivity index is 1.41. The van der Waals surface area contributed by atoms with E-state index < -0.39 is 11.9 Å². The topological polar surface area (TPSA) is 72.9 Å². The molecule has 6 heteroatoms. The summed E-state index contributed by atoms with van der Waals surface area (Å²) in [6, 6.07) is 10.3. The number of likely N-dealkylation sites (tertiary alicyclic amines) is 1. The van der Waals surface area contributed by atoms with Crippen LogP contribution >= 0.6 is 0 Å². The molecule has 2 amide bonds. The number of piperidine rings is 2. The zero-order valence-electron chi connectivity index (χ0n) is 14.6. The predicted molar refractivity (Wildman–Crippen MR) is 96.7 cm³/mol. The molecule has 2 fully saturated rings. The molecule has 0 spiro atoms. The number of hydrogen-bond donors (Lipinski definition) is 2. The molecule has 2 aliphatic heterocycles. The highest BCUT2D eigenvalue weighted by Gasteiger charge is 2.28. The number of carbonyl (C=O) groups is 2. The maximum absolute atomic E-state index is 12.3. The van der Waals surface area contributed by atoms with Gasteiger partial charge in [0.15, 0.2) is 0 Å². The second kappa shape index (κ2) is 8.23. The standard InChI is InChI=1S/C19H27N3O3/c23-18(24)16-5-4-10-22(14-16)19(25)20-13-15-8-11-21(12-9-15)17-6-2-1-3-7-17/h1-3,6-7,15-16H,4-5,8-14H2,(H,20,25)(H,23,24). The molecule has 0 radical (unpaired) electrons. The number of carboxylic acids is 1. The number of anilines is 1. The number of amides is 2. The van der Waals surface area contributed by atoms with Gasteiger partial charge in [0.25, 0.3) is 0 Å². The van der Waals surface area contributed by atoms with Gasteiger partial charge in [-0.15, -0.1) is 0 Å². The van der Waals surface area contributed by atoms with E-state index >= 15 is 0 Å². The van der Waals surface area contributed by atoms with Crippen molar-refractivity contribution in [1.82, 2.24) is 10.2 Å². The SMILES string of the molecule is O=C(O)C1CCCN(C(=O)NCC2CCN(c3ccccc3)CC2)C1. The van der Waals surface area contributed by atoms with Crippen LogP contribution in [0.25, 0.3) is 0 Å². The Bertz CT molecular complexity index is 585. The van der Waals surface area contributed by atoms with Crippen molar-refractivity contribution in [3.8, 4) is 0 Å². The molecule has 1 unspecified atom stereocenters. The van der Waals surface area contributed by atoms with Crippen molar-refractivity contribution in [3.05, 3.63) is 30.3 Å². The number of carboxylic acid groups (broad SMARTS) is 1. The van der Waals surface area contributed by atoms with Crippen molar-refractivity contribution >= 4 is 17.7 Å². The summed E-state index contributed by atoms with van der Waals surface area (Å²) in [5.74, 6) is -0.733. The van der Waals surface area contributed by atoms with Crippen molar-refractivity contribution in [2.75, 3.05) is 37.6 Å². The lowest BCUT2D eigenvalue weighted by molar-refractivity contribution is -0.143. The molecule has 2 saturated heterocycles. The largest absolute Gasteiger partial charge is 0.481 e. The molecular formula is C19H27N3O3. The van der Waals surface area contributed by atoms with Gasteiger partial charge < -0.3 is 20.2 Å². The van der Waals surface area contributed by atoms with Gasteiger partial charge in [-0.3, -0.25) is 4.79 Å². The molecule has 0 aromatic heterocycles. The Morgan fingerprint density at radius 3 is 2.48 bits per heavy atom. The van der Waals surface area contributed by atoms with E-state index in [4.69, 9.17) is 5.11 Å². The summed E-state index contributed by atoms with van der Waals surface area (Å²) in [4.78, 5) is 27.5. The number of para-hydroxylation sites is 1. The number of rotatable bonds is 4. The second-order valence-electron chi connectivity index (χ2n) is 7.08. The van der Waals surface area contributed by atoms with Crippen LogP contribution < -0.4 is 10.2 Å². The van der Waals surface area contributed by atoms with Crippen LogP contribution in [0.5, 0.6) is 0 Å². The molecule has 1 aromatic rings. The van der Waals surface area contributed by atoms with Gasteiger partial charge in [-0.25, -0.2) is 4.79 Å². The average Bonchev–Trinajstić information content (AvgIpc) is 2.67. The van der Waals surface area contributed by atoms with Crippen LogP contribution in [0.1, 0.15) is 25.7 Å². The third kappa shape index (κ3) is 4.65. The minimum atomic E-state index is -0.800. The maximum Gasteiger partial charge on any atom is 0.317 e. The number of benzene rings is 1. The molecule has 1 aromatic carbocycles. The van der Waals surface area contributed by atoms with E-state index in [1.807, 2.05) is 6.07 Å². The Morgan fingerprint density at radius 1 is 1.08 bits per heavy atom. The molecule has 0 aliphatic carbocycles. The number of nitrogens with zero attached hydrogens (tertiary/aromatic N) is 2. The Hall–Kier alpha value is -2.24. The second-order valence-corrected chi connectivity index (χ2v) is 7.08. The quantitative estimate of drug-likeness (QED) is 0.879. The lowest BCUT2D eigenvalue weighted by Gasteiger charge is -2.35. The van der Waals surface area contributed by atoms with Gasteiger partial charge >= 0.3 is 12.0 Å². The summed E-state index contributed by atoms with van der Waals surface area (Å²) >= 11 is 0. The first-order valence-electron chi connectivity index (χ1n) is 9.19. The fourth-order valence-electron chi connectivity index (χ4n) is 3.74. The first-order chi connectivity index (χ1) is 12.1. The molecular weight excluding hydrogens is 318 g/mol. The van der Waals surface area contributed by atoms with E-state index in [9.17, 15) is 9.59 Å². The van der Waals surface area contributed by atoms with Gasteiger partial charge in [-0.2, -0.15) is 0 Å². The van der Waals surface area contributed by atoms with Gasteiger partial charge in [0.2, 0.25) is 0 Å². The lowest BCUT2D eigenvalue weighted by Crippen LogP contribution is -2.48. The van der Waals surface area contributed by atoms with Crippen LogP contribution in [0, 0.1) is 11.8 Å². The minimum absolute atomic E-state index is 0.114. The minimum Gasteiger partial charge on any atom is -0.481 e. The van der Waals surface area contributed by atoms with Gasteiger partial charge in [0.05, 0.1) is 5.92 Å². The van der Waals surface area contributed by atoms with Crippen LogP contribution in [-0.4, -0.2) is 54.7 Å². The molecule has 3 rings (SSSR count). The number of nitrogens with one attached hydrogen (secondary N) is 1. The first-order valence-corrected chi connectivity index (χ1v) is 9.19. The molecule has 2 heterocycles. The summed E-state index contributed by atoms with van der Waals surface area (Å²) in [6.45, 7) is 3.68. The van der Waals surface area contributed by atoms with E-state index in [2.05, 4.69) is 34.5 Å². The molecule has 6 nitrogen and oxygen atoms in total. The summed E-state index contributed by atoms with van der Waals surface area (Å²) in [7, 11) is 0. The first kappa shape index (κ1) is 17.6. The highest BCUT2D eigenvalue weighted by Crippen LogP contribution is 2.23. The summed E-state index contributed by atoms with van der Waals surface area (Å²) in [5, 5.41) is 12.1. The third-order valence-corrected chi connectivity index (χ3v) is 5.34. The third-order valence-electron chi connectivity index (χ3n) is 5.34. The number of urea groups is 1. The van der Waals surface area contributed by atoms with E-state index in [1.165, 1.54) is 5.69 Å². The molecule has 25 heavy (non-hydrogen) atoms. The summed E-state index contributed by atoms with van der Waals surface area (Å²) < 4.78 is 0. The van der Waals surface area contributed by atoms with Gasteiger partial charge in [-0.05, 0) is 43.7 Å². The van der Waals surface area contributed by atoms with Crippen LogP contribution in [0.15, 0.2) is 30.3 Å². The van der Waals surface area contributed by atoms with Crippen molar-refractivity contribution in [2.24, 2.45) is 11.8 Å². The predicted octanol–water partition coefficient (Wildman–Crippen LogP) is 2.41. The van der Waals surface area contributed by atoms with Gasteiger partial charge in [-0.1, -0.05) is 18.2 Å². The number of aliphatic carboxylic acids is 1. The van der Waals surface area contributed by atoms with E-state index in [0.717, 1.165) is 32.4 Å². The van der Waals surface area contributed by atoms with Gasteiger partial charge in [0, 0.05) is 38.4 Å². The number of hydrogen-bond acceptors (Lipinski definition) is 3. The molecule has 1 atom stereocenters. The molecule has 2 N–H and O–H groups in total. The van der Waals surface area contributed by atoms with E-state index in [1.54, 1.807) is 4.90 Å². The van der Waals surface area contributed by atoms with Crippen LogP contribution in [-0.2, 0) is 4.79 Å². The van der Waals surface area contributed by atoms with Crippen molar-refractivity contribution < 1.29 is 14.7 Å². The molecule has 2 aliphatic rings. The van der Waals surface area contributed by atoms with Crippen molar-refractivity contribution in [1.29, 1.82) is 0 Å². The summed E-state index contributed by atoms with van der Waals surface area (Å²) in [5.41, 5.74) is 1.26. The summed E-state index contributed by atoms with van der Waals surface area (Å²) in [6.07, 6.45) is 3.55. The Morgan fingerprint density at radius 2 is 1.80 bits per heavy atom. The normalized spacial score (nSPS) is 21.8. The van der Waals surface area contributed by atoms with Gasteiger partial charge in [0.1, 0.15) is 0 Å². The maximum atomic E-state index is 12.3. The van der Waals surface area contributed by atoms with Crippen LogP contribution in [0.2, 0.25) is 0 Å². The Kier molecular flexibility index (Phi) is 5.79. The highest BCUT2D eigenvalue weighted by atomic mass is 16.4. The van der Waals surface area contributed by atoms with Crippen molar-refractivity contribution in [2.45, 2.75) is 25.7 Å². The van der Waals surface area contributed by atoms with Crippen LogP contribution in [0.3, 0.4) is 0 Å². The fourth-order valence-corrected chi connectivity index (χ4v) is 3.74. The molecule has 136 valence electrons. The highest BCUT2D eigenvalue weighted by molar-refractivity contribution is 5.76. The molecule has 0 saturated carbocycles. The zero-order chi connectivity index (χ0) is 17.6. The lowest BCUT2D eigenvalue weighted by atomic mass is 9.96. The average molecular weight is 345 g/mol. The smallest absolute Gasteiger partial charge is 0.317 e. The monoisotopic (exact) mass is 345 g/mol. The van der Waals surface area contributed by atoms with E-state index in [0.29, 0.717) is 32.0 Å². The zero-order valence-corrected chi connectivity index (χ0v) is 14.6. The Labute approximate surface area is 148 Å². The molecule has 0 bridgehead atoms. The van der Waals surface area contributed by atoms with Crippen molar-refractivity contribution in [3.63, 3.8) is 0 Å². The fraction of sp³-hybridized carbons (Fsp3) is 0.579.